The maximum atomic E-state index is 12.4. The third-order valence-electron chi connectivity index (χ3n) is 3.49. The van der Waals surface area contributed by atoms with Gasteiger partial charge in [0.2, 0.25) is 0 Å². The van der Waals surface area contributed by atoms with Crippen molar-refractivity contribution in [3.05, 3.63) is 46.6 Å². The number of hydrogen-bond acceptors (Lipinski definition) is 4. The smallest absolute Gasteiger partial charge is 0.252 e. The van der Waals surface area contributed by atoms with Crippen molar-refractivity contribution in [2.75, 3.05) is 7.11 Å². The van der Waals surface area contributed by atoms with Gasteiger partial charge in [-0.15, -0.1) is 0 Å². The van der Waals surface area contributed by atoms with E-state index in [2.05, 4.69) is 10.3 Å². The fourth-order valence-electron chi connectivity index (χ4n) is 2.25. The lowest BCUT2D eigenvalue weighted by atomic mass is 10.0. The van der Waals surface area contributed by atoms with Crippen LogP contribution in [0.4, 0.5) is 0 Å². The normalized spacial score (nSPS) is 14.0. The predicted molar refractivity (Wildman–Crippen MR) is 77.7 cm³/mol. The van der Waals surface area contributed by atoms with Crippen molar-refractivity contribution in [2.45, 2.75) is 25.3 Å². The van der Waals surface area contributed by atoms with E-state index in [0.29, 0.717) is 34.6 Å². The van der Waals surface area contributed by atoms with Gasteiger partial charge in [0.25, 0.3) is 5.91 Å². The van der Waals surface area contributed by atoms with Gasteiger partial charge in [-0.2, -0.15) is 0 Å². The second kappa shape index (κ2) is 5.77. The van der Waals surface area contributed by atoms with Crippen molar-refractivity contribution < 1.29 is 13.9 Å². The monoisotopic (exact) mass is 306 g/mol. The highest BCUT2D eigenvalue weighted by Crippen LogP contribution is 2.44. The Labute approximate surface area is 127 Å². The molecular formula is C15H15ClN2O3. The average Bonchev–Trinajstić information content (AvgIpc) is 3.20. The molecule has 0 bridgehead atoms. The lowest BCUT2D eigenvalue weighted by molar-refractivity contribution is 0.0947. The Hall–Kier alpha value is -2.01. The number of nitrogens with one attached hydrogen (secondary N) is 1. The largest absolute Gasteiger partial charge is 0.495 e. The zero-order chi connectivity index (χ0) is 14.8. The molecule has 1 aromatic heterocycles. The van der Waals surface area contributed by atoms with Gasteiger partial charge in [-0.3, -0.25) is 4.79 Å². The predicted octanol–water partition coefficient (Wildman–Crippen LogP) is 3.14. The van der Waals surface area contributed by atoms with Crippen molar-refractivity contribution in [2.24, 2.45) is 0 Å². The molecule has 1 aliphatic carbocycles. The summed E-state index contributed by atoms with van der Waals surface area (Å²) in [6, 6.07) is 3.53. The Bertz CT molecular complexity index is 651. The minimum Gasteiger partial charge on any atom is -0.495 e. The number of aromatic nitrogens is 1. The van der Waals surface area contributed by atoms with Crippen molar-refractivity contribution in [3.8, 4) is 5.75 Å². The number of halogens is 1. The minimum absolute atomic E-state index is 0.169. The highest BCUT2D eigenvalue weighted by molar-refractivity contribution is 6.32. The molecule has 2 aromatic rings. The van der Waals surface area contributed by atoms with Gasteiger partial charge in [-0.05, 0) is 36.5 Å². The fourth-order valence-corrected chi connectivity index (χ4v) is 2.49. The molecule has 1 fully saturated rings. The van der Waals surface area contributed by atoms with Gasteiger partial charge >= 0.3 is 0 Å². The summed E-state index contributed by atoms with van der Waals surface area (Å²) in [5.41, 5.74) is 1.59. The highest BCUT2D eigenvalue weighted by atomic mass is 35.5. The Balaban J connectivity index is 1.82. The number of carbonyl (C=O) groups is 1. The number of carbonyl (C=O) groups excluding carboxylic acids is 1. The van der Waals surface area contributed by atoms with E-state index >= 15 is 0 Å². The van der Waals surface area contributed by atoms with E-state index < -0.39 is 0 Å². The molecule has 5 nitrogen and oxygen atoms in total. The van der Waals surface area contributed by atoms with Crippen LogP contribution < -0.4 is 10.1 Å². The molecule has 6 heteroatoms. The number of benzene rings is 1. The zero-order valence-corrected chi connectivity index (χ0v) is 12.3. The quantitative estimate of drug-likeness (QED) is 0.921. The van der Waals surface area contributed by atoms with Crippen LogP contribution in [0.15, 0.2) is 29.1 Å². The first-order valence-electron chi connectivity index (χ1n) is 6.72. The standard InChI is InChI=1S/C15H15ClN2O3/c1-20-14-5-11(9-2-3-9)12(4-13(14)16)15(19)18-7-10-6-17-8-21-10/h4-6,8-9H,2-3,7H2,1H3,(H,18,19). The number of ether oxygens (including phenoxy) is 1. The van der Waals surface area contributed by atoms with Crippen LogP contribution in [-0.4, -0.2) is 18.0 Å². The molecule has 1 N–H and O–H groups in total. The number of nitrogens with zero attached hydrogens (tertiary/aromatic N) is 1. The van der Waals surface area contributed by atoms with Crippen LogP contribution in [-0.2, 0) is 6.54 Å². The SMILES string of the molecule is COc1cc(C2CC2)c(C(=O)NCc2cnco2)cc1Cl. The second-order valence-corrected chi connectivity index (χ2v) is 5.41. The third-order valence-corrected chi connectivity index (χ3v) is 3.79. The van der Waals surface area contributed by atoms with Crippen LogP contribution in [0.3, 0.4) is 0 Å². The first kappa shape index (κ1) is 13.9. The summed E-state index contributed by atoms with van der Waals surface area (Å²) in [6.45, 7) is 0.298. The van der Waals surface area contributed by atoms with Crippen LogP contribution >= 0.6 is 11.6 Å². The number of hydrogen-bond donors (Lipinski definition) is 1. The van der Waals surface area contributed by atoms with Crippen molar-refractivity contribution >= 4 is 17.5 Å². The van der Waals surface area contributed by atoms with Gasteiger partial charge < -0.3 is 14.5 Å². The molecule has 0 spiro atoms. The number of methoxy groups -OCH3 is 1. The molecule has 0 atom stereocenters. The van der Waals surface area contributed by atoms with E-state index in [0.717, 1.165) is 18.4 Å². The van der Waals surface area contributed by atoms with E-state index in [1.807, 2.05) is 6.07 Å². The molecule has 110 valence electrons. The molecule has 1 amide bonds. The molecule has 1 aliphatic rings. The molecule has 0 aliphatic heterocycles. The van der Waals surface area contributed by atoms with Crippen LogP contribution in [0, 0.1) is 0 Å². The molecule has 0 radical (unpaired) electrons. The summed E-state index contributed by atoms with van der Waals surface area (Å²) in [4.78, 5) is 16.2. The third kappa shape index (κ3) is 3.03. The molecule has 0 unspecified atom stereocenters. The van der Waals surface area contributed by atoms with Crippen LogP contribution in [0.25, 0.3) is 0 Å². The number of amides is 1. The van der Waals surface area contributed by atoms with E-state index in [4.69, 9.17) is 20.8 Å². The fraction of sp³-hybridized carbons (Fsp3) is 0.333. The Kier molecular flexibility index (Phi) is 3.84. The molecule has 21 heavy (non-hydrogen) atoms. The van der Waals surface area contributed by atoms with Gasteiger partial charge in [0.1, 0.15) is 11.5 Å². The highest BCUT2D eigenvalue weighted by Gasteiger charge is 2.29. The maximum Gasteiger partial charge on any atom is 0.252 e. The lowest BCUT2D eigenvalue weighted by Crippen LogP contribution is -2.23. The summed E-state index contributed by atoms with van der Waals surface area (Å²) in [7, 11) is 1.57. The van der Waals surface area contributed by atoms with Crippen LogP contribution in [0.5, 0.6) is 5.75 Å². The van der Waals surface area contributed by atoms with Gasteiger partial charge in [-0.1, -0.05) is 11.6 Å². The molecule has 3 rings (SSSR count). The van der Waals surface area contributed by atoms with Gasteiger partial charge in [0.05, 0.1) is 24.9 Å². The number of oxazole rings is 1. The van der Waals surface area contributed by atoms with Gasteiger partial charge in [0.15, 0.2) is 6.39 Å². The van der Waals surface area contributed by atoms with Crippen molar-refractivity contribution in [1.29, 1.82) is 0 Å². The lowest BCUT2D eigenvalue weighted by Gasteiger charge is -2.12. The first-order chi connectivity index (χ1) is 10.2. The van der Waals surface area contributed by atoms with E-state index in [1.165, 1.54) is 6.39 Å². The number of rotatable bonds is 5. The van der Waals surface area contributed by atoms with Crippen molar-refractivity contribution in [3.63, 3.8) is 0 Å². The zero-order valence-electron chi connectivity index (χ0n) is 11.6. The molecule has 1 heterocycles. The molecule has 1 aromatic carbocycles. The van der Waals surface area contributed by atoms with Crippen molar-refractivity contribution in [1.82, 2.24) is 10.3 Å². The first-order valence-corrected chi connectivity index (χ1v) is 7.10. The van der Waals surface area contributed by atoms with Gasteiger partial charge in [-0.25, -0.2) is 4.98 Å². The van der Waals surface area contributed by atoms with Crippen LogP contribution in [0.2, 0.25) is 5.02 Å². The summed E-state index contributed by atoms with van der Waals surface area (Å²) in [5.74, 6) is 1.46. The Morgan fingerprint density at radius 1 is 1.52 bits per heavy atom. The summed E-state index contributed by atoms with van der Waals surface area (Å²) in [5, 5.41) is 3.25. The average molecular weight is 307 g/mol. The summed E-state index contributed by atoms with van der Waals surface area (Å²) >= 11 is 6.14. The molecule has 1 saturated carbocycles. The minimum atomic E-state index is -0.169. The molecule has 0 saturated heterocycles. The summed E-state index contributed by atoms with van der Waals surface area (Å²) < 4.78 is 10.3. The second-order valence-electron chi connectivity index (χ2n) is 5.00. The van der Waals surface area contributed by atoms with Crippen LogP contribution in [0.1, 0.15) is 40.4 Å². The Morgan fingerprint density at radius 3 is 2.95 bits per heavy atom. The van der Waals surface area contributed by atoms with Gasteiger partial charge in [0, 0.05) is 5.56 Å². The van der Waals surface area contributed by atoms with E-state index in [1.54, 1.807) is 19.4 Å². The Morgan fingerprint density at radius 2 is 2.33 bits per heavy atom. The van der Waals surface area contributed by atoms with E-state index in [9.17, 15) is 4.79 Å². The topological polar surface area (TPSA) is 64.4 Å². The van der Waals surface area contributed by atoms with E-state index in [-0.39, 0.29) is 5.91 Å². The molecular weight excluding hydrogens is 292 g/mol. The summed E-state index contributed by atoms with van der Waals surface area (Å²) in [6.07, 6.45) is 5.09. The maximum absolute atomic E-state index is 12.4.